The van der Waals surface area contributed by atoms with Crippen molar-refractivity contribution in [2.24, 2.45) is 5.92 Å². The second-order valence-electron chi connectivity index (χ2n) is 10.5. The fraction of sp³-hybridized carbons (Fsp3) is 0.387. The summed E-state index contributed by atoms with van der Waals surface area (Å²) in [6.45, 7) is 5.75. The van der Waals surface area contributed by atoms with Gasteiger partial charge in [0.25, 0.3) is 0 Å². The zero-order chi connectivity index (χ0) is 26.9. The van der Waals surface area contributed by atoms with E-state index in [0.717, 1.165) is 17.5 Å². The predicted molar refractivity (Wildman–Crippen MR) is 140 cm³/mol. The van der Waals surface area contributed by atoms with E-state index >= 15 is 0 Å². The largest absolute Gasteiger partial charge is 0.491 e. The van der Waals surface area contributed by atoms with Crippen LogP contribution in [0.15, 0.2) is 60.7 Å². The summed E-state index contributed by atoms with van der Waals surface area (Å²) in [5.41, 5.74) is 1.50. The molecule has 1 fully saturated rings. The zero-order valence-corrected chi connectivity index (χ0v) is 21.9. The number of ether oxygens (including phenoxy) is 4. The molecule has 0 aliphatic heterocycles. The van der Waals surface area contributed by atoms with Gasteiger partial charge in [-0.1, -0.05) is 12.1 Å². The van der Waals surface area contributed by atoms with Gasteiger partial charge in [0, 0.05) is 11.1 Å². The van der Waals surface area contributed by atoms with Crippen LogP contribution in [0.4, 0.5) is 4.39 Å². The summed E-state index contributed by atoms with van der Waals surface area (Å²) >= 11 is 0. The standard InChI is InChI=1S/C31H33FO6/c1-4-35-30(33)25-17-24(25)19-5-7-21(8-6-19)38-28-15-13-23-27(16-14-26(32)29(23)28)37-22-11-9-20(10-12-22)36-18-31(2,3)34/h5-12,14,16,24-25,28,34H,4,13,15,17-18H2,1-3H3/t24-,25+,28-/m1/s1. The number of halogens is 1. The van der Waals surface area contributed by atoms with E-state index in [1.165, 1.54) is 6.07 Å². The van der Waals surface area contributed by atoms with E-state index in [-0.39, 0.29) is 30.2 Å². The fourth-order valence-electron chi connectivity index (χ4n) is 4.88. The molecule has 0 spiro atoms. The van der Waals surface area contributed by atoms with E-state index in [1.807, 2.05) is 31.2 Å². The molecule has 3 atom stereocenters. The minimum Gasteiger partial charge on any atom is -0.491 e. The van der Waals surface area contributed by atoms with Gasteiger partial charge in [-0.05, 0) is 100 Å². The Morgan fingerprint density at radius 2 is 1.68 bits per heavy atom. The maximum atomic E-state index is 14.9. The normalized spacial score (nSPS) is 20.0. The molecule has 38 heavy (non-hydrogen) atoms. The van der Waals surface area contributed by atoms with Crippen LogP contribution in [0.3, 0.4) is 0 Å². The van der Waals surface area contributed by atoms with Crippen molar-refractivity contribution < 1.29 is 33.2 Å². The van der Waals surface area contributed by atoms with Gasteiger partial charge in [-0.2, -0.15) is 0 Å². The molecule has 0 radical (unpaired) electrons. The highest BCUT2D eigenvalue weighted by atomic mass is 19.1. The summed E-state index contributed by atoms with van der Waals surface area (Å²) in [4.78, 5) is 11.9. The van der Waals surface area contributed by atoms with Gasteiger partial charge in [0.05, 0.1) is 18.1 Å². The topological polar surface area (TPSA) is 74.2 Å². The SMILES string of the molecule is CCOC(=O)[C@H]1C[C@@H]1c1ccc(O[C@@H]2CCc3c(Oc4ccc(OCC(C)(C)O)cc4)ccc(F)c32)cc1. The van der Waals surface area contributed by atoms with Crippen molar-refractivity contribution in [3.05, 3.63) is 83.2 Å². The summed E-state index contributed by atoms with van der Waals surface area (Å²) < 4.78 is 38.0. The molecule has 200 valence electrons. The fourth-order valence-corrected chi connectivity index (χ4v) is 4.88. The molecule has 0 aromatic heterocycles. The molecule has 0 unspecified atom stereocenters. The first-order valence-corrected chi connectivity index (χ1v) is 13.1. The van der Waals surface area contributed by atoms with Crippen molar-refractivity contribution >= 4 is 5.97 Å². The molecule has 3 aromatic rings. The molecular weight excluding hydrogens is 487 g/mol. The second-order valence-corrected chi connectivity index (χ2v) is 10.5. The number of benzene rings is 3. The number of carbonyl (C=O) groups excluding carboxylic acids is 1. The van der Waals surface area contributed by atoms with Gasteiger partial charge in [-0.3, -0.25) is 4.79 Å². The first-order valence-electron chi connectivity index (χ1n) is 13.1. The van der Waals surface area contributed by atoms with Crippen molar-refractivity contribution in [2.75, 3.05) is 13.2 Å². The lowest BCUT2D eigenvalue weighted by molar-refractivity contribution is -0.144. The second kappa shape index (κ2) is 10.7. The van der Waals surface area contributed by atoms with Crippen LogP contribution in [0.1, 0.15) is 62.3 Å². The average Bonchev–Trinajstić information content (AvgIpc) is 3.58. The number of carbonyl (C=O) groups is 1. The Morgan fingerprint density at radius 3 is 2.37 bits per heavy atom. The number of rotatable bonds is 10. The molecule has 2 aliphatic rings. The molecule has 7 heteroatoms. The van der Waals surface area contributed by atoms with Crippen molar-refractivity contribution in [3.8, 4) is 23.0 Å². The maximum Gasteiger partial charge on any atom is 0.309 e. The highest BCUT2D eigenvalue weighted by Crippen LogP contribution is 2.49. The minimum absolute atomic E-state index is 0.0626. The Morgan fingerprint density at radius 1 is 1.00 bits per heavy atom. The quantitative estimate of drug-likeness (QED) is 0.308. The molecule has 6 nitrogen and oxygen atoms in total. The number of fused-ring (bicyclic) bond motifs is 1. The summed E-state index contributed by atoms with van der Waals surface area (Å²) in [6.07, 6.45) is 1.68. The van der Waals surface area contributed by atoms with Crippen molar-refractivity contribution in [2.45, 2.75) is 57.7 Å². The molecule has 0 saturated heterocycles. The van der Waals surface area contributed by atoms with Crippen LogP contribution in [0.5, 0.6) is 23.0 Å². The number of hydrogen-bond donors (Lipinski definition) is 1. The van der Waals surface area contributed by atoms with Gasteiger partial charge in [0.15, 0.2) is 0 Å². The lowest BCUT2D eigenvalue weighted by atomic mass is 10.1. The first-order chi connectivity index (χ1) is 18.2. The summed E-state index contributed by atoms with van der Waals surface area (Å²) in [5, 5.41) is 9.83. The van der Waals surface area contributed by atoms with E-state index in [1.54, 1.807) is 44.2 Å². The Labute approximate surface area is 222 Å². The van der Waals surface area contributed by atoms with Crippen LogP contribution >= 0.6 is 0 Å². The van der Waals surface area contributed by atoms with E-state index in [0.29, 0.717) is 48.0 Å². The van der Waals surface area contributed by atoms with Crippen LogP contribution < -0.4 is 14.2 Å². The Balaban J connectivity index is 1.24. The van der Waals surface area contributed by atoms with Crippen molar-refractivity contribution in [1.29, 1.82) is 0 Å². The van der Waals surface area contributed by atoms with E-state index < -0.39 is 11.7 Å². The monoisotopic (exact) mass is 520 g/mol. The summed E-state index contributed by atoms with van der Waals surface area (Å²) in [7, 11) is 0. The third kappa shape index (κ3) is 5.94. The molecule has 1 N–H and O–H groups in total. The number of aliphatic hydroxyl groups is 1. The van der Waals surface area contributed by atoms with Crippen molar-refractivity contribution in [1.82, 2.24) is 0 Å². The minimum atomic E-state index is -0.922. The summed E-state index contributed by atoms with van der Waals surface area (Å²) in [6, 6.07) is 17.9. The predicted octanol–water partition coefficient (Wildman–Crippen LogP) is 6.50. The number of esters is 1. The van der Waals surface area contributed by atoms with Gasteiger partial charge >= 0.3 is 5.97 Å². The highest BCUT2D eigenvalue weighted by molar-refractivity contribution is 5.77. The lowest BCUT2D eigenvalue weighted by Crippen LogP contribution is -2.27. The summed E-state index contributed by atoms with van der Waals surface area (Å²) in [5.74, 6) is 2.18. The van der Waals surface area contributed by atoms with Gasteiger partial charge in [-0.15, -0.1) is 0 Å². The first kappa shape index (κ1) is 26.0. The molecule has 0 bridgehead atoms. The Bertz CT molecular complexity index is 1280. The van der Waals surface area contributed by atoms with Crippen LogP contribution in [0.25, 0.3) is 0 Å². The molecule has 0 amide bonds. The molecule has 1 saturated carbocycles. The van der Waals surface area contributed by atoms with Crippen LogP contribution in [-0.4, -0.2) is 29.9 Å². The third-order valence-corrected chi connectivity index (χ3v) is 6.85. The Kier molecular flexibility index (Phi) is 7.30. The van der Waals surface area contributed by atoms with E-state index in [9.17, 15) is 14.3 Å². The van der Waals surface area contributed by atoms with Gasteiger partial charge < -0.3 is 24.1 Å². The lowest BCUT2D eigenvalue weighted by Gasteiger charge is -2.18. The molecular formula is C31H33FO6. The Hall–Kier alpha value is -3.58. The highest BCUT2D eigenvalue weighted by Gasteiger charge is 2.45. The maximum absolute atomic E-state index is 14.9. The van der Waals surface area contributed by atoms with Gasteiger partial charge in [0.1, 0.15) is 41.5 Å². The molecule has 0 heterocycles. The van der Waals surface area contributed by atoms with Crippen LogP contribution in [-0.2, 0) is 16.0 Å². The third-order valence-electron chi connectivity index (χ3n) is 6.85. The zero-order valence-electron chi connectivity index (χ0n) is 21.9. The van der Waals surface area contributed by atoms with Crippen molar-refractivity contribution in [3.63, 3.8) is 0 Å². The smallest absolute Gasteiger partial charge is 0.309 e. The van der Waals surface area contributed by atoms with E-state index in [4.69, 9.17) is 18.9 Å². The van der Waals surface area contributed by atoms with E-state index in [2.05, 4.69) is 0 Å². The van der Waals surface area contributed by atoms with Crippen LogP contribution in [0.2, 0.25) is 0 Å². The average molecular weight is 521 g/mol. The van der Waals surface area contributed by atoms with Gasteiger partial charge in [-0.25, -0.2) is 4.39 Å². The van der Waals surface area contributed by atoms with Crippen LogP contribution in [0, 0.1) is 11.7 Å². The molecule has 3 aromatic carbocycles. The molecule has 2 aliphatic carbocycles. The van der Waals surface area contributed by atoms with Gasteiger partial charge in [0.2, 0.25) is 0 Å². The number of hydrogen-bond acceptors (Lipinski definition) is 6. The molecule has 5 rings (SSSR count).